The topological polar surface area (TPSA) is 58.9 Å². The number of hydrogen-bond donors (Lipinski definition) is 0. The van der Waals surface area contributed by atoms with Crippen molar-refractivity contribution in [3.05, 3.63) is 29.3 Å². The number of rotatable bonds is 4. The fourth-order valence-corrected chi connectivity index (χ4v) is 2.92. The Morgan fingerprint density at radius 3 is 2.55 bits per heavy atom. The van der Waals surface area contributed by atoms with Gasteiger partial charge in [0.15, 0.2) is 0 Å². The zero-order valence-electron chi connectivity index (χ0n) is 11.6. The minimum atomic E-state index is 0.163. The molecule has 0 aromatic heterocycles. The van der Waals surface area contributed by atoms with Crippen LogP contribution in [0.15, 0.2) is 28.2 Å². The highest BCUT2D eigenvalue weighted by Crippen LogP contribution is 2.31. The van der Waals surface area contributed by atoms with Gasteiger partial charge in [-0.25, -0.2) is 14.6 Å². The van der Waals surface area contributed by atoms with E-state index in [1.54, 1.807) is 12.2 Å². The SMILES string of the molecule is Cc1c(CC2CCC(N=C=O)CC2)cccc1N=C=O. The molecule has 1 aromatic rings. The van der Waals surface area contributed by atoms with E-state index in [-0.39, 0.29) is 6.04 Å². The molecule has 0 amide bonds. The lowest BCUT2D eigenvalue weighted by Crippen LogP contribution is -2.18. The Labute approximate surface area is 118 Å². The Hall–Kier alpha value is -2.02. The summed E-state index contributed by atoms with van der Waals surface area (Å²) in [5.41, 5.74) is 3.00. The van der Waals surface area contributed by atoms with Crippen LogP contribution in [0.5, 0.6) is 0 Å². The van der Waals surface area contributed by atoms with Gasteiger partial charge in [0.05, 0.1) is 11.7 Å². The minimum Gasteiger partial charge on any atom is -0.211 e. The van der Waals surface area contributed by atoms with Crippen LogP contribution >= 0.6 is 0 Å². The Kier molecular flexibility index (Phi) is 5.00. The molecule has 0 aliphatic heterocycles. The van der Waals surface area contributed by atoms with E-state index < -0.39 is 0 Å². The van der Waals surface area contributed by atoms with Gasteiger partial charge in [0.1, 0.15) is 0 Å². The van der Waals surface area contributed by atoms with Crippen molar-refractivity contribution in [2.24, 2.45) is 15.9 Å². The van der Waals surface area contributed by atoms with Crippen LogP contribution < -0.4 is 0 Å². The van der Waals surface area contributed by atoms with E-state index in [2.05, 4.69) is 16.1 Å². The van der Waals surface area contributed by atoms with Gasteiger partial charge in [-0.1, -0.05) is 12.1 Å². The normalized spacial score (nSPS) is 21.6. The Morgan fingerprint density at radius 2 is 1.90 bits per heavy atom. The van der Waals surface area contributed by atoms with Crippen molar-refractivity contribution in [2.45, 2.75) is 45.1 Å². The summed E-state index contributed by atoms with van der Waals surface area (Å²) in [4.78, 5) is 28.2. The van der Waals surface area contributed by atoms with E-state index in [0.29, 0.717) is 11.6 Å². The molecule has 0 heterocycles. The fraction of sp³-hybridized carbons (Fsp3) is 0.500. The van der Waals surface area contributed by atoms with E-state index >= 15 is 0 Å². The Balaban J connectivity index is 2.03. The number of carbonyl (C=O) groups excluding carboxylic acids is 2. The van der Waals surface area contributed by atoms with Gasteiger partial charge in [0, 0.05) is 0 Å². The van der Waals surface area contributed by atoms with Gasteiger partial charge in [-0.15, -0.1) is 0 Å². The summed E-state index contributed by atoms with van der Waals surface area (Å²) in [6, 6.07) is 6.02. The lowest BCUT2D eigenvalue weighted by atomic mass is 9.82. The summed E-state index contributed by atoms with van der Waals surface area (Å²) in [7, 11) is 0. The molecule has 0 spiro atoms. The monoisotopic (exact) mass is 270 g/mol. The number of hydrogen-bond acceptors (Lipinski definition) is 4. The van der Waals surface area contributed by atoms with E-state index in [1.165, 1.54) is 5.56 Å². The van der Waals surface area contributed by atoms with Crippen LogP contribution in [-0.2, 0) is 16.0 Å². The summed E-state index contributed by atoms with van der Waals surface area (Å²) in [6.07, 6.45) is 8.34. The molecule has 0 saturated heterocycles. The van der Waals surface area contributed by atoms with Crippen molar-refractivity contribution in [1.29, 1.82) is 0 Å². The van der Waals surface area contributed by atoms with Crippen LogP contribution in [0.4, 0.5) is 5.69 Å². The molecule has 1 saturated carbocycles. The molecule has 4 nitrogen and oxygen atoms in total. The second-order valence-electron chi connectivity index (χ2n) is 5.36. The van der Waals surface area contributed by atoms with Crippen molar-refractivity contribution in [2.75, 3.05) is 0 Å². The van der Waals surface area contributed by atoms with Crippen molar-refractivity contribution >= 4 is 17.8 Å². The molecular formula is C16H18N2O2. The zero-order chi connectivity index (χ0) is 14.4. The number of benzene rings is 1. The van der Waals surface area contributed by atoms with Gasteiger partial charge in [-0.2, -0.15) is 4.99 Å². The fourth-order valence-electron chi connectivity index (χ4n) is 2.92. The lowest BCUT2D eigenvalue weighted by Gasteiger charge is -2.26. The minimum absolute atomic E-state index is 0.163. The zero-order valence-corrected chi connectivity index (χ0v) is 11.6. The van der Waals surface area contributed by atoms with Crippen LogP contribution in [0, 0.1) is 12.8 Å². The van der Waals surface area contributed by atoms with Crippen molar-refractivity contribution in [3.8, 4) is 0 Å². The maximum atomic E-state index is 10.4. The van der Waals surface area contributed by atoms with Crippen LogP contribution in [0.2, 0.25) is 0 Å². The molecule has 1 aromatic carbocycles. The second-order valence-corrected chi connectivity index (χ2v) is 5.36. The van der Waals surface area contributed by atoms with Gasteiger partial charge in [0.2, 0.25) is 12.2 Å². The van der Waals surface area contributed by atoms with Crippen LogP contribution in [0.3, 0.4) is 0 Å². The number of isocyanates is 2. The molecule has 0 bridgehead atoms. The lowest BCUT2D eigenvalue weighted by molar-refractivity contribution is 0.325. The summed E-state index contributed by atoms with van der Waals surface area (Å²) in [5, 5.41) is 0. The summed E-state index contributed by atoms with van der Waals surface area (Å²) >= 11 is 0. The van der Waals surface area contributed by atoms with E-state index in [1.807, 2.05) is 19.1 Å². The molecule has 104 valence electrons. The number of nitrogens with zero attached hydrogens (tertiary/aromatic N) is 2. The molecule has 0 unspecified atom stereocenters. The van der Waals surface area contributed by atoms with Crippen LogP contribution in [0.1, 0.15) is 36.8 Å². The quantitative estimate of drug-likeness (QED) is 0.622. The van der Waals surface area contributed by atoms with Crippen LogP contribution in [0.25, 0.3) is 0 Å². The molecule has 0 radical (unpaired) electrons. The first-order chi connectivity index (χ1) is 9.74. The molecular weight excluding hydrogens is 252 g/mol. The van der Waals surface area contributed by atoms with Crippen molar-refractivity contribution in [1.82, 2.24) is 0 Å². The molecule has 1 aliphatic carbocycles. The third-order valence-corrected chi connectivity index (χ3v) is 4.14. The van der Waals surface area contributed by atoms with Gasteiger partial charge in [-0.05, 0) is 62.1 Å². The molecule has 0 atom stereocenters. The molecule has 20 heavy (non-hydrogen) atoms. The Morgan fingerprint density at radius 1 is 1.15 bits per heavy atom. The standard InChI is InChI=1S/C16H18N2O2/c1-12-14(3-2-4-16(12)18-11-20)9-13-5-7-15(8-6-13)17-10-19/h2-4,13,15H,5-9H2,1H3. The molecule has 2 rings (SSSR count). The number of aliphatic imine (C=N–C) groups is 2. The van der Waals surface area contributed by atoms with Crippen molar-refractivity contribution in [3.63, 3.8) is 0 Å². The van der Waals surface area contributed by atoms with E-state index in [9.17, 15) is 9.59 Å². The smallest absolute Gasteiger partial charge is 0.211 e. The van der Waals surface area contributed by atoms with E-state index in [4.69, 9.17) is 0 Å². The predicted molar refractivity (Wildman–Crippen MR) is 76.5 cm³/mol. The summed E-state index contributed by atoms with van der Waals surface area (Å²) in [6.45, 7) is 1.99. The third kappa shape index (κ3) is 3.51. The average molecular weight is 270 g/mol. The summed E-state index contributed by atoms with van der Waals surface area (Å²) in [5.74, 6) is 0.613. The van der Waals surface area contributed by atoms with Gasteiger partial charge < -0.3 is 0 Å². The first kappa shape index (κ1) is 14.4. The first-order valence-electron chi connectivity index (χ1n) is 6.98. The van der Waals surface area contributed by atoms with Crippen LogP contribution in [-0.4, -0.2) is 18.2 Å². The van der Waals surface area contributed by atoms with Crippen molar-refractivity contribution < 1.29 is 9.59 Å². The first-order valence-corrected chi connectivity index (χ1v) is 6.98. The molecule has 4 heteroatoms. The predicted octanol–water partition coefficient (Wildman–Crippen LogP) is 3.40. The largest absolute Gasteiger partial charge is 0.240 e. The average Bonchev–Trinajstić information content (AvgIpc) is 2.46. The second kappa shape index (κ2) is 6.95. The van der Waals surface area contributed by atoms with Gasteiger partial charge in [-0.3, -0.25) is 0 Å². The van der Waals surface area contributed by atoms with Gasteiger partial charge >= 0.3 is 0 Å². The third-order valence-electron chi connectivity index (χ3n) is 4.14. The highest BCUT2D eigenvalue weighted by atomic mass is 16.1. The maximum absolute atomic E-state index is 10.4. The van der Waals surface area contributed by atoms with E-state index in [0.717, 1.165) is 37.7 Å². The molecule has 1 aliphatic rings. The summed E-state index contributed by atoms with van der Waals surface area (Å²) < 4.78 is 0. The maximum Gasteiger partial charge on any atom is 0.240 e. The highest BCUT2D eigenvalue weighted by molar-refractivity contribution is 5.55. The molecule has 0 N–H and O–H groups in total. The van der Waals surface area contributed by atoms with Gasteiger partial charge in [0.25, 0.3) is 0 Å². The molecule has 1 fully saturated rings. The highest BCUT2D eigenvalue weighted by Gasteiger charge is 2.21. The Bertz CT molecular complexity index is 562.